The lowest BCUT2D eigenvalue weighted by Gasteiger charge is -2.29. The zero-order valence-corrected chi connectivity index (χ0v) is 16.9. The lowest BCUT2D eigenvalue weighted by molar-refractivity contribution is 0.0858. The molecule has 0 atom stereocenters. The van der Waals surface area contributed by atoms with Crippen molar-refractivity contribution >= 4 is 22.6 Å². The van der Waals surface area contributed by atoms with E-state index in [0.717, 1.165) is 74.1 Å². The second-order valence-corrected chi connectivity index (χ2v) is 8.17. The molecule has 0 spiro atoms. The van der Waals surface area contributed by atoms with Gasteiger partial charge in [0, 0.05) is 36.8 Å². The minimum atomic E-state index is -0.181. The van der Waals surface area contributed by atoms with Crippen molar-refractivity contribution in [1.82, 2.24) is 15.5 Å². The van der Waals surface area contributed by atoms with Gasteiger partial charge in [0.1, 0.15) is 5.75 Å². The van der Waals surface area contributed by atoms with E-state index in [9.17, 15) is 4.79 Å². The Bertz CT molecular complexity index is 1020. The summed E-state index contributed by atoms with van der Waals surface area (Å²) >= 11 is 0. The quantitative estimate of drug-likeness (QED) is 0.691. The predicted octanol–water partition coefficient (Wildman–Crippen LogP) is 3.94. The number of aromatic nitrogens is 2. The molecular formula is C23H26N4O3. The van der Waals surface area contributed by atoms with Crippen molar-refractivity contribution in [3.05, 3.63) is 48.4 Å². The summed E-state index contributed by atoms with van der Waals surface area (Å²) in [4.78, 5) is 19.0. The van der Waals surface area contributed by atoms with Crippen LogP contribution in [0.1, 0.15) is 49.1 Å². The van der Waals surface area contributed by atoms with Crippen LogP contribution >= 0.6 is 0 Å². The third-order valence-electron chi connectivity index (χ3n) is 6.04. The molecular weight excluding hydrogens is 380 g/mol. The summed E-state index contributed by atoms with van der Waals surface area (Å²) in [5.41, 5.74) is 0.969. The van der Waals surface area contributed by atoms with Crippen molar-refractivity contribution in [3.8, 4) is 5.75 Å². The number of nitrogens with zero attached hydrogens (tertiary/aromatic N) is 3. The molecule has 2 fully saturated rings. The van der Waals surface area contributed by atoms with E-state index in [2.05, 4.69) is 20.4 Å². The number of rotatable bonds is 5. The van der Waals surface area contributed by atoms with Crippen molar-refractivity contribution in [1.29, 1.82) is 0 Å². The van der Waals surface area contributed by atoms with Gasteiger partial charge >= 0.3 is 0 Å². The second kappa shape index (κ2) is 8.34. The molecule has 30 heavy (non-hydrogen) atoms. The Morgan fingerprint density at radius 2 is 1.93 bits per heavy atom. The van der Waals surface area contributed by atoms with Crippen LogP contribution in [-0.4, -0.2) is 41.3 Å². The molecule has 2 aromatic heterocycles. The van der Waals surface area contributed by atoms with Crippen LogP contribution in [0.2, 0.25) is 0 Å². The van der Waals surface area contributed by atoms with Gasteiger partial charge < -0.3 is 19.5 Å². The molecule has 3 aromatic rings. The lowest BCUT2D eigenvalue weighted by Crippen LogP contribution is -2.39. The fourth-order valence-corrected chi connectivity index (χ4v) is 4.37. The van der Waals surface area contributed by atoms with E-state index in [-0.39, 0.29) is 18.1 Å². The highest BCUT2D eigenvalue weighted by atomic mass is 16.5. The van der Waals surface area contributed by atoms with Gasteiger partial charge in [-0.3, -0.25) is 9.78 Å². The standard InChI is InChI=1S/C23H26N4O3/c28-23(21-15-22(26-30-21)27-12-1-2-13-27)25-17-5-7-18(8-6-17)29-19-9-10-20-16(14-19)4-3-11-24-20/h3-4,9-11,14-15,17-18H,1-2,5-8,12-13H2,(H,25,28). The third kappa shape index (κ3) is 4.10. The minimum absolute atomic E-state index is 0.137. The van der Waals surface area contributed by atoms with E-state index in [0.29, 0.717) is 5.76 Å². The Morgan fingerprint density at radius 3 is 2.77 bits per heavy atom. The third-order valence-corrected chi connectivity index (χ3v) is 6.04. The topological polar surface area (TPSA) is 80.5 Å². The molecule has 156 valence electrons. The highest BCUT2D eigenvalue weighted by Crippen LogP contribution is 2.26. The van der Waals surface area contributed by atoms with Crippen molar-refractivity contribution in [2.24, 2.45) is 0 Å². The number of carbonyl (C=O) groups is 1. The van der Waals surface area contributed by atoms with Gasteiger partial charge in [-0.25, -0.2) is 0 Å². The number of fused-ring (bicyclic) bond motifs is 1. The van der Waals surface area contributed by atoms with Crippen LogP contribution in [0.25, 0.3) is 10.9 Å². The highest BCUT2D eigenvalue weighted by Gasteiger charge is 2.26. The lowest BCUT2D eigenvalue weighted by atomic mass is 9.93. The molecule has 1 saturated heterocycles. The van der Waals surface area contributed by atoms with E-state index in [1.165, 1.54) is 0 Å². The van der Waals surface area contributed by atoms with Crippen LogP contribution in [0, 0.1) is 0 Å². The van der Waals surface area contributed by atoms with Gasteiger partial charge in [0.2, 0.25) is 5.76 Å². The van der Waals surface area contributed by atoms with Gasteiger partial charge in [0.25, 0.3) is 5.91 Å². The summed E-state index contributed by atoms with van der Waals surface area (Å²) in [7, 11) is 0. The summed E-state index contributed by atoms with van der Waals surface area (Å²) in [6.07, 6.45) is 7.88. The van der Waals surface area contributed by atoms with Crippen LogP contribution in [0.15, 0.2) is 47.1 Å². The summed E-state index contributed by atoms with van der Waals surface area (Å²) in [6, 6.07) is 11.9. The van der Waals surface area contributed by atoms with Crippen molar-refractivity contribution < 1.29 is 14.1 Å². The molecule has 0 bridgehead atoms. The zero-order valence-electron chi connectivity index (χ0n) is 16.9. The molecule has 3 heterocycles. The number of benzene rings is 1. The molecule has 2 aliphatic rings. The molecule has 5 rings (SSSR count). The molecule has 1 saturated carbocycles. The number of nitrogens with one attached hydrogen (secondary N) is 1. The first-order valence-electron chi connectivity index (χ1n) is 10.8. The Hall–Kier alpha value is -3.09. The normalized spacial score (nSPS) is 21.7. The Morgan fingerprint density at radius 1 is 1.10 bits per heavy atom. The van der Waals surface area contributed by atoms with Crippen molar-refractivity contribution in [2.75, 3.05) is 18.0 Å². The molecule has 7 nitrogen and oxygen atoms in total. The van der Waals surface area contributed by atoms with Gasteiger partial charge in [-0.05, 0) is 62.8 Å². The zero-order chi connectivity index (χ0) is 20.3. The number of ether oxygens (including phenoxy) is 1. The van der Waals surface area contributed by atoms with E-state index < -0.39 is 0 Å². The van der Waals surface area contributed by atoms with Gasteiger partial charge in [0.05, 0.1) is 11.6 Å². The van der Waals surface area contributed by atoms with Gasteiger partial charge in [-0.2, -0.15) is 0 Å². The monoisotopic (exact) mass is 406 g/mol. The van der Waals surface area contributed by atoms with E-state index in [1.54, 1.807) is 12.3 Å². The van der Waals surface area contributed by atoms with Crippen molar-refractivity contribution in [3.63, 3.8) is 0 Å². The Kier molecular flexibility index (Phi) is 5.26. The van der Waals surface area contributed by atoms with Crippen LogP contribution in [-0.2, 0) is 0 Å². The Balaban J connectivity index is 1.12. The summed E-state index contributed by atoms with van der Waals surface area (Å²) < 4.78 is 11.5. The predicted molar refractivity (Wildman–Crippen MR) is 114 cm³/mol. The van der Waals surface area contributed by atoms with E-state index in [1.807, 2.05) is 30.3 Å². The maximum absolute atomic E-state index is 12.5. The highest BCUT2D eigenvalue weighted by molar-refractivity contribution is 5.92. The summed E-state index contributed by atoms with van der Waals surface area (Å²) in [5.74, 6) is 1.75. The number of hydrogen-bond donors (Lipinski definition) is 1. The number of hydrogen-bond acceptors (Lipinski definition) is 6. The van der Waals surface area contributed by atoms with Crippen molar-refractivity contribution in [2.45, 2.75) is 50.7 Å². The average molecular weight is 406 g/mol. The molecule has 1 aromatic carbocycles. The molecule has 1 aliphatic heterocycles. The first kappa shape index (κ1) is 18.9. The maximum atomic E-state index is 12.5. The number of anilines is 1. The van der Waals surface area contributed by atoms with Crippen LogP contribution in [0.4, 0.5) is 5.82 Å². The average Bonchev–Trinajstić information content (AvgIpc) is 3.47. The fourth-order valence-electron chi connectivity index (χ4n) is 4.37. The van der Waals surface area contributed by atoms with Crippen LogP contribution in [0.3, 0.4) is 0 Å². The summed E-state index contributed by atoms with van der Waals surface area (Å²) in [6.45, 7) is 1.96. The Labute approximate surface area is 175 Å². The van der Waals surface area contributed by atoms with Crippen LogP contribution in [0.5, 0.6) is 5.75 Å². The molecule has 1 N–H and O–H groups in total. The first-order chi connectivity index (χ1) is 14.7. The molecule has 1 amide bonds. The smallest absolute Gasteiger partial charge is 0.290 e. The SMILES string of the molecule is O=C(NC1CCC(Oc2ccc3ncccc3c2)CC1)c1cc(N2CCCC2)no1. The largest absolute Gasteiger partial charge is 0.490 e. The second-order valence-electron chi connectivity index (χ2n) is 8.17. The minimum Gasteiger partial charge on any atom is -0.490 e. The molecule has 0 radical (unpaired) electrons. The van der Waals surface area contributed by atoms with E-state index in [4.69, 9.17) is 9.26 Å². The maximum Gasteiger partial charge on any atom is 0.290 e. The number of pyridine rings is 1. The van der Waals surface area contributed by atoms with Gasteiger partial charge in [-0.1, -0.05) is 11.2 Å². The van der Waals surface area contributed by atoms with E-state index >= 15 is 0 Å². The fraction of sp³-hybridized carbons (Fsp3) is 0.435. The van der Waals surface area contributed by atoms with Gasteiger partial charge in [0.15, 0.2) is 5.82 Å². The van der Waals surface area contributed by atoms with Gasteiger partial charge in [-0.15, -0.1) is 0 Å². The number of carbonyl (C=O) groups excluding carboxylic acids is 1. The first-order valence-corrected chi connectivity index (χ1v) is 10.8. The molecule has 7 heteroatoms. The number of amides is 1. The molecule has 1 aliphatic carbocycles. The molecule has 0 unspecified atom stereocenters. The summed E-state index contributed by atoms with van der Waals surface area (Å²) in [5, 5.41) is 8.23. The van der Waals surface area contributed by atoms with Crippen LogP contribution < -0.4 is 15.0 Å².